The quantitative estimate of drug-likeness (QED) is 0.487. The third-order valence-electron chi connectivity index (χ3n) is 6.07. The predicted molar refractivity (Wildman–Crippen MR) is 121 cm³/mol. The molecule has 0 spiro atoms. The molecule has 5 rings (SSSR count). The highest BCUT2D eigenvalue weighted by Gasteiger charge is 2.28. The Morgan fingerprint density at radius 3 is 2.78 bits per heavy atom. The molecule has 1 aliphatic heterocycles. The molecule has 2 N–H and O–H groups in total. The third-order valence-corrected chi connectivity index (χ3v) is 6.07. The molecule has 1 unspecified atom stereocenters. The van der Waals surface area contributed by atoms with Crippen LogP contribution in [0.25, 0.3) is 16.9 Å². The maximum Gasteiger partial charge on any atom is 0.223 e. The number of carbonyl (C=O) groups is 1. The van der Waals surface area contributed by atoms with Gasteiger partial charge in [-0.15, -0.1) is 15.3 Å². The van der Waals surface area contributed by atoms with Crippen LogP contribution in [0.2, 0.25) is 0 Å². The summed E-state index contributed by atoms with van der Waals surface area (Å²) in [6.45, 7) is 3.63. The molecule has 0 radical (unpaired) electrons. The Morgan fingerprint density at radius 2 is 2.00 bits per heavy atom. The minimum Gasteiger partial charge on any atom is -0.355 e. The van der Waals surface area contributed by atoms with Crippen LogP contribution in [0.3, 0.4) is 0 Å². The lowest BCUT2D eigenvalue weighted by molar-refractivity contribution is -0.126. The van der Waals surface area contributed by atoms with E-state index in [1.54, 1.807) is 10.8 Å². The van der Waals surface area contributed by atoms with Crippen LogP contribution in [0.5, 0.6) is 0 Å². The first kappa shape index (κ1) is 20.2. The lowest BCUT2D eigenvalue weighted by Gasteiger charge is -2.32. The smallest absolute Gasteiger partial charge is 0.223 e. The van der Waals surface area contributed by atoms with Crippen LogP contribution < -0.4 is 10.2 Å². The molecule has 32 heavy (non-hydrogen) atoms. The normalized spacial score (nSPS) is 15.7. The Kier molecular flexibility index (Phi) is 5.53. The van der Waals surface area contributed by atoms with E-state index >= 15 is 0 Å². The number of nitrogens with one attached hydrogen (secondary N) is 2. The minimum atomic E-state index is -0.129. The van der Waals surface area contributed by atoms with Gasteiger partial charge in [0.25, 0.3) is 0 Å². The fraction of sp³-hybridized carbons (Fsp3) is 0.348. The molecule has 1 atom stereocenters. The minimum absolute atomic E-state index is 0.0116. The number of carbonyl (C=O) groups excluding carboxylic acids is 1. The molecule has 1 aliphatic rings. The molecular formula is C23H26N8O. The van der Waals surface area contributed by atoms with Gasteiger partial charge in [-0.2, -0.15) is 4.52 Å². The van der Waals surface area contributed by atoms with Crippen molar-refractivity contribution in [2.45, 2.75) is 32.2 Å². The summed E-state index contributed by atoms with van der Waals surface area (Å²) in [5.74, 6) is 1.76. The van der Waals surface area contributed by atoms with E-state index < -0.39 is 0 Å². The standard InChI is InChI=1S/C23H26N8O/c1-2-18(22-24-14-19(26-22)16-6-4-3-5-7-16)27-23(32)17-10-12-30(13-11-17)21-9-8-20-28-25-15-31(20)29-21/h3-9,14-15,17-18H,2,10-13H2,1H3,(H,24,26)(H,27,32). The summed E-state index contributed by atoms with van der Waals surface area (Å²) in [5, 5.41) is 15.6. The highest BCUT2D eigenvalue weighted by atomic mass is 16.2. The fourth-order valence-corrected chi connectivity index (χ4v) is 4.19. The molecule has 0 bridgehead atoms. The maximum atomic E-state index is 13.0. The Morgan fingerprint density at radius 1 is 1.19 bits per heavy atom. The zero-order valence-corrected chi connectivity index (χ0v) is 18.0. The Hall–Kier alpha value is -3.75. The molecule has 1 amide bonds. The number of imidazole rings is 1. The van der Waals surface area contributed by atoms with E-state index in [0.717, 1.165) is 60.9 Å². The number of hydrogen-bond acceptors (Lipinski definition) is 6. The first-order valence-corrected chi connectivity index (χ1v) is 11.0. The van der Waals surface area contributed by atoms with E-state index in [1.165, 1.54) is 0 Å². The number of piperidine rings is 1. The summed E-state index contributed by atoms with van der Waals surface area (Å²) in [6.07, 6.45) is 5.78. The number of anilines is 1. The second kappa shape index (κ2) is 8.78. The van der Waals surface area contributed by atoms with E-state index in [0.29, 0.717) is 0 Å². The van der Waals surface area contributed by atoms with Crippen LogP contribution in [0.4, 0.5) is 5.82 Å². The monoisotopic (exact) mass is 430 g/mol. The molecule has 4 aromatic rings. The van der Waals surface area contributed by atoms with Gasteiger partial charge < -0.3 is 15.2 Å². The first-order chi connectivity index (χ1) is 15.7. The van der Waals surface area contributed by atoms with Gasteiger partial charge in [0.15, 0.2) is 5.65 Å². The Labute approximate surface area is 185 Å². The van der Waals surface area contributed by atoms with Gasteiger partial charge in [-0.25, -0.2) is 4.98 Å². The molecule has 164 valence electrons. The van der Waals surface area contributed by atoms with Crippen molar-refractivity contribution in [1.82, 2.24) is 35.1 Å². The van der Waals surface area contributed by atoms with Gasteiger partial charge in [-0.1, -0.05) is 37.3 Å². The van der Waals surface area contributed by atoms with Gasteiger partial charge >= 0.3 is 0 Å². The van der Waals surface area contributed by atoms with Gasteiger partial charge in [0, 0.05) is 19.0 Å². The van der Waals surface area contributed by atoms with Crippen LogP contribution in [0, 0.1) is 5.92 Å². The van der Waals surface area contributed by atoms with Gasteiger partial charge in [0.1, 0.15) is 18.0 Å². The van der Waals surface area contributed by atoms with Crippen molar-refractivity contribution >= 4 is 17.4 Å². The summed E-state index contributed by atoms with van der Waals surface area (Å²) >= 11 is 0. The van der Waals surface area contributed by atoms with Gasteiger partial charge in [0.2, 0.25) is 5.91 Å². The fourth-order valence-electron chi connectivity index (χ4n) is 4.19. The number of fused-ring (bicyclic) bond motifs is 1. The molecular weight excluding hydrogens is 404 g/mol. The Balaban J connectivity index is 1.20. The maximum absolute atomic E-state index is 13.0. The molecule has 1 fully saturated rings. The van der Waals surface area contributed by atoms with Crippen molar-refractivity contribution in [3.05, 3.63) is 60.8 Å². The number of nitrogens with zero attached hydrogens (tertiary/aromatic N) is 6. The van der Waals surface area contributed by atoms with Crippen molar-refractivity contribution in [3.63, 3.8) is 0 Å². The number of H-pyrrole nitrogens is 1. The number of aromatic nitrogens is 6. The molecule has 9 heteroatoms. The zero-order valence-electron chi connectivity index (χ0n) is 18.0. The number of benzene rings is 1. The summed E-state index contributed by atoms with van der Waals surface area (Å²) < 4.78 is 1.67. The number of amides is 1. The molecule has 1 aromatic carbocycles. The SMILES string of the molecule is CCC(NC(=O)C1CCN(c2ccc3nncn3n2)CC1)c1ncc(-c2ccccc2)[nH]1. The van der Waals surface area contributed by atoms with E-state index in [9.17, 15) is 4.79 Å². The van der Waals surface area contributed by atoms with E-state index in [1.807, 2.05) is 48.7 Å². The second-order valence-corrected chi connectivity index (χ2v) is 8.10. The second-order valence-electron chi connectivity index (χ2n) is 8.10. The van der Waals surface area contributed by atoms with Gasteiger partial charge in [-0.05, 0) is 37.0 Å². The van der Waals surface area contributed by atoms with E-state index in [4.69, 9.17) is 0 Å². The summed E-state index contributed by atoms with van der Waals surface area (Å²) in [5.41, 5.74) is 2.76. The molecule has 9 nitrogen and oxygen atoms in total. The van der Waals surface area contributed by atoms with Crippen molar-refractivity contribution in [2.75, 3.05) is 18.0 Å². The first-order valence-electron chi connectivity index (χ1n) is 11.0. The Bertz CT molecular complexity index is 1190. The summed E-state index contributed by atoms with van der Waals surface area (Å²) in [6, 6.07) is 13.8. The van der Waals surface area contributed by atoms with Crippen molar-refractivity contribution in [2.24, 2.45) is 5.92 Å². The number of hydrogen-bond donors (Lipinski definition) is 2. The number of aromatic amines is 1. The van der Waals surface area contributed by atoms with Crippen molar-refractivity contribution < 1.29 is 4.79 Å². The summed E-state index contributed by atoms with van der Waals surface area (Å²) in [4.78, 5) is 23.1. The molecule has 1 saturated heterocycles. The van der Waals surface area contributed by atoms with Crippen LogP contribution in [-0.2, 0) is 4.79 Å². The highest BCUT2D eigenvalue weighted by molar-refractivity contribution is 5.79. The van der Waals surface area contributed by atoms with Crippen LogP contribution >= 0.6 is 0 Å². The van der Waals surface area contributed by atoms with Crippen LogP contribution in [0.1, 0.15) is 38.1 Å². The van der Waals surface area contributed by atoms with Crippen LogP contribution in [-0.4, -0.2) is 48.8 Å². The zero-order chi connectivity index (χ0) is 21.9. The van der Waals surface area contributed by atoms with Crippen molar-refractivity contribution in [3.8, 4) is 11.3 Å². The summed E-state index contributed by atoms with van der Waals surface area (Å²) in [7, 11) is 0. The third kappa shape index (κ3) is 4.05. The average Bonchev–Trinajstić information content (AvgIpc) is 3.52. The topological polar surface area (TPSA) is 104 Å². The molecule has 0 aliphatic carbocycles. The van der Waals surface area contributed by atoms with Gasteiger partial charge in [0.05, 0.1) is 17.9 Å². The van der Waals surface area contributed by atoms with Gasteiger partial charge in [-0.3, -0.25) is 4.79 Å². The molecule has 3 aromatic heterocycles. The van der Waals surface area contributed by atoms with Crippen molar-refractivity contribution in [1.29, 1.82) is 0 Å². The largest absolute Gasteiger partial charge is 0.355 e. The lowest BCUT2D eigenvalue weighted by Crippen LogP contribution is -2.42. The average molecular weight is 431 g/mol. The lowest BCUT2D eigenvalue weighted by atomic mass is 9.95. The van der Waals surface area contributed by atoms with E-state index in [2.05, 4.69) is 42.4 Å². The predicted octanol–water partition coefficient (Wildman–Crippen LogP) is 3.00. The highest BCUT2D eigenvalue weighted by Crippen LogP contribution is 2.24. The number of rotatable bonds is 6. The molecule has 4 heterocycles. The molecule has 0 saturated carbocycles. The van der Waals surface area contributed by atoms with Crippen LogP contribution in [0.15, 0.2) is 55.0 Å². The van der Waals surface area contributed by atoms with E-state index in [-0.39, 0.29) is 17.9 Å².